The van der Waals surface area contributed by atoms with Crippen molar-refractivity contribution in [3.8, 4) is 0 Å². The maximum Gasteiger partial charge on any atom is 0.248 e. The fourth-order valence-corrected chi connectivity index (χ4v) is 4.26. The predicted molar refractivity (Wildman–Crippen MR) is 118 cm³/mol. The second kappa shape index (κ2) is 8.31. The molecule has 1 aliphatic rings. The third-order valence-electron chi connectivity index (χ3n) is 4.75. The van der Waals surface area contributed by atoms with Gasteiger partial charge in [0.15, 0.2) is 0 Å². The van der Waals surface area contributed by atoms with E-state index in [0.717, 1.165) is 52.8 Å². The van der Waals surface area contributed by atoms with E-state index in [4.69, 9.17) is 11.6 Å². The zero-order chi connectivity index (χ0) is 19.5. The number of halogens is 1. The first-order valence-corrected chi connectivity index (χ1v) is 10.4. The number of carbonyl (C=O) groups excluding carboxylic acids is 1. The number of para-hydroxylation sites is 1. The zero-order valence-electron chi connectivity index (χ0n) is 15.6. The lowest BCUT2D eigenvalue weighted by atomic mass is 10.2. The van der Waals surface area contributed by atoms with Crippen molar-refractivity contribution >= 4 is 56.5 Å². The Morgan fingerprint density at radius 1 is 1.18 bits per heavy atom. The normalized spacial score (nSPS) is 15.4. The van der Waals surface area contributed by atoms with Crippen LogP contribution in [-0.4, -0.2) is 49.0 Å². The number of nitrogens with one attached hydrogen (secondary N) is 1. The standard InChI is InChI=1S/C21H21ClN4OS/c1-25-10-12-26(13-11-25)18-7-6-15(22)14-17(18)23-20(27)8-9-21-24-16-4-2-3-5-19(16)28-21/h2-9,14H,10-13H2,1H3,(H,23,27). The van der Waals surface area contributed by atoms with Gasteiger partial charge in [0.25, 0.3) is 0 Å². The molecule has 0 unspecified atom stereocenters. The number of rotatable bonds is 4. The van der Waals surface area contributed by atoms with E-state index >= 15 is 0 Å². The second-order valence-corrected chi connectivity index (χ2v) is 8.29. The van der Waals surface area contributed by atoms with Crippen LogP contribution in [0, 0.1) is 0 Å². The summed E-state index contributed by atoms with van der Waals surface area (Å²) in [6.45, 7) is 3.83. The Morgan fingerprint density at radius 2 is 1.96 bits per heavy atom. The molecule has 2 aromatic carbocycles. The zero-order valence-corrected chi connectivity index (χ0v) is 17.1. The molecule has 1 aliphatic heterocycles. The van der Waals surface area contributed by atoms with Crippen molar-refractivity contribution in [3.05, 3.63) is 58.6 Å². The molecule has 0 saturated carbocycles. The number of likely N-dealkylation sites (N-methyl/N-ethyl adjacent to an activating group) is 1. The topological polar surface area (TPSA) is 48.5 Å². The number of nitrogens with zero attached hydrogens (tertiary/aromatic N) is 3. The van der Waals surface area contributed by atoms with E-state index in [1.165, 1.54) is 6.08 Å². The van der Waals surface area contributed by atoms with E-state index in [0.29, 0.717) is 5.02 Å². The first-order valence-electron chi connectivity index (χ1n) is 9.16. The number of carbonyl (C=O) groups is 1. The largest absolute Gasteiger partial charge is 0.367 e. The predicted octanol–water partition coefficient (Wildman–Crippen LogP) is 4.35. The number of piperazine rings is 1. The molecule has 1 amide bonds. The van der Waals surface area contributed by atoms with Crippen molar-refractivity contribution in [2.45, 2.75) is 0 Å². The van der Waals surface area contributed by atoms with E-state index in [-0.39, 0.29) is 5.91 Å². The highest BCUT2D eigenvalue weighted by atomic mass is 35.5. The molecule has 0 radical (unpaired) electrons. The van der Waals surface area contributed by atoms with Crippen LogP contribution >= 0.6 is 22.9 Å². The number of fused-ring (bicyclic) bond motifs is 1. The molecular formula is C21H21ClN4OS. The van der Waals surface area contributed by atoms with Crippen LogP contribution < -0.4 is 10.2 Å². The number of amides is 1. The van der Waals surface area contributed by atoms with Gasteiger partial charge in [-0.15, -0.1) is 11.3 Å². The summed E-state index contributed by atoms with van der Waals surface area (Å²) in [6.07, 6.45) is 3.27. The molecule has 7 heteroatoms. The van der Waals surface area contributed by atoms with Gasteiger partial charge >= 0.3 is 0 Å². The lowest BCUT2D eigenvalue weighted by molar-refractivity contribution is -0.111. The summed E-state index contributed by atoms with van der Waals surface area (Å²) in [6, 6.07) is 13.6. The molecule has 1 aromatic heterocycles. The molecule has 0 bridgehead atoms. The third-order valence-corrected chi connectivity index (χ3v) is 5.98. The Morgan fingerprint density at radius 3 is 2.75 bits per heavy atom. The summed E-state index contributed by atoms with van der Waals surface area (Å²) >= 11 is 7.74. The van der Waals surface area contributed by atoms with Gasteiger partial charge in [-0.25, -0.2) is 4.98 Å². The van der Waals surface area contributed by atoms with E-state index in [2.05, 4.69) is 27.1 Å². The molecule has 1 fully saturated rings. The molecule has 1 saturated heterocycles. The fraction of sp³-hybridized carbons (Fsp3) is 0.238. The molecule has 1 N–H and O–H groups in total. The third kappa shape index (κ3) is 4.35. The molecule has 0 aliphatic carbocycles. The minimum atomic E-state index is -0.197. The van der Waals surface area contributed by atoms with Gasteiger partial charge in [0.1, 0.15) is 5.01 Å². The molecule has 28 heavy (non-hydrogen) atoms. The van der Waals surface area contributed by atoms with Crippen LogP contribution in [0.5, 0.6) is 0 Å². The van der Waals surface area contributed by atoms with Gasteiger partial charge in [-0.2, -0.15) is 0 Å². The number of hydrogen-bond donors (Lipinski definition) is 1. The number of aromatic nitrogens is 1. The van der Waals surface area contributed by atoms with Gasteiger partial charge in [-0.05, 0) is 43.5 Å². The van der Waals surface area contributed by atoms with Crippen LogP contribution in [0.3, 0.4) is 0 Å². The Bertz CT molecular complexity index is 991. The second-order valence-electron chi connectivity index (χ2n) is 6.79. The van der Waals surface area contributed by atoms with Crippen molar-refractivity contribution in [2.24, 2.45) is 0 Å². The van der Waals surface area contributed by atoms with Gasteiger partial charge in [0.2, 0.25) is 5.91 Å². The van der Waals surface area contributed by atoms with Crippen LogP contribution in [0.1, 0.15) is 5.01 Å². The Kier molecular flexibility index (Phi) is 5.62. The Hall–Kier alpha value is -2.41. The first kappa shape index (κ1) is 18.9. The van der Waals surface area contributed by atoms with Crippen LogP contribution in [-0.2, 0) is 4.79 Å². The van der Waals surface area contributed by atoms with E-state index in [9.17, 15) is 4.79 Å². The summed E-state index contributed by atoms with van der Waals surface area (Å²) in [5, 5.41) is 4.38. The number of anilines is 2. The number of benzene rings is 2. The molecule has 2 heterocycles. The average molecular weight is 413 g/mol. The summed E-state index contributed by atoms with van der Waals surface area (Å²) in [7, 11) is 2.12. The maximum absolute atomic E-state index is 12.5. The lowest BCUT2D eigenvalue weighted by Gasteiger charge is -2.35. The molecule has 144 valence electrons. The van der Waals surface area contributed by atoms with Crippen molar-refractivity contribution in [1.82, 2.24) is 9.88 Å². The van der Waals surface area contributed by atoms with Crippen LogP contribution in [0.4, 0.5) is 11.4 Å². The molecule has 0 atom stereocenters. The van der Waals surface area contributed by atoms with Gasteiger partial charge < -0.3 is 15.1 Å². The summed E-state index contributed by atoms with van der Waals surface area (Å²) < 4.78 is 1.11. The average Bonchev–Trinajstić information content (AvgIpc) is 3.11. The molecule has 0 spiro atoms. The van der Waals surface area contributed by atoms with Gasteiger partial charge in [0, 0.05) is 37.3 Å². The van der Waals surface area contributed by atoms with Crippen molar-refractivity contribution in [2.75, 3.05) is 43.4 Å². The van der Waals surface area contributed by atoms with Crippen LogP contribution in [0.2, 0.25) is 5.02 Å². The van der Waals surface area contributed by atoms with Crippen molar-refractivity contribution in [3.63, 3.8) is 0 Å². The SMILES string of the molecule is CN1CCN(c2ccc(Cl)cc2NC(=O)C=Cc2nc3ccccc3s2)CC1. The molecule has 4 rings (SSSR count). The lowest BCUT2D eigenvalue weighted by Crippen LogP contribution is -2.44. The van der Waals surface area contributed by atoms with Crippen molar-refractivity contribution < 1.29 is 4.79 Å². The Balaban J connectivity index is 1.49. The maximum atomic E-state index is 12.5. The molecule has 5 nitrogen and oxygen atoms in total. The highest BCUT2D eigenvalue weighted by Gasteiger charge is 2.18. The van der Waals surface area contributed by atoms with E-state index in [1.54, 1.807) is 23.5 Å². The quantitative estimate of drug-likeness (QED) is 0.647. The van der Waals surface area contributed by atoms with Crippen LogP contribution in [0.15, 0.2) is 48.5 Å². The van der Waals surface area contributed by atoms with Gasteiger partial charge in [-0.1, -0.05) is 23.7 Å². The van der Waals surface area contributed by atoms with Crippen molar-refractivity contribution in [1.29, 1.82) is 0 Å². The first-order chi connectivity index (χ1) is 13.6. The number of thiazole rings is 1. The minimum Gasteiger partial charge on any atom is -0.367 e. The summed E-state index contributed by atoms with van der Waals surface area (Å²) in [5.74, 6) is -0.197. The summed E-state index contributed by atoms with van der Waals surface area (Å²) in [5.41, 5.74) is 2.68. The highest BCUT2D eigenvalue weighted by molar-refractivity contribution is 7.19. The van der Waals surface area contributed by atoms with Gasteiger partial charge in [0.05, 0.1) is 21.6 Å². The Labute approximate surface area is 173 Å². The molecular weight excluding hydrogens is 392 g/mol. The van der Waals surface area contributed by atoms with Crippen LogP contribution in [0.25, 0.3) is 16.3 Å². The monoisotopic (exact) mass is 412 g/mol. The molecule has 3 aromatic rings. The minimum absolute atomic E-state index is 0.197. The summed E-state index contributed by atoms with van der Waals surface area (Å²) in [4.78, 5) is 21.6. The number of hydrogen-bond acceptors (Lipinski definition) is 5. The fourth-order valence-electron chi connectivity index (χ4n) is 3.21. The van der Waals surface area contributed by atoms with E-state index < -0.39 is 0 Å². The smallest absolute Gasteiger partial charge is 0.248 e. The van der Waals surface area contributed by atoms with Gasteiger partial charge in [-0.3, -0.25) is 4.79 Å². The van der Waals surface area contributed by atoms with E-state index in [1.807, 2.05) is 36.4 Å². The highest BCUT2D eigenvalue weighted by Crippen LogP contribution is 2.30.